The summed E-state index contributed by atoms with van der Waals surface area (Å²) in [5.74, 6) is 0.0969. The van der Waals surface area contributed by atoms with Crippen LogP contribution in [0.4, 0.5) is 22.7 Å². The molecule has 0 saturated carbocycles. The molecule has 0 aromatic heterocycles. The van der Waals surface area contributed by atoms with E-state index >= 15 is 0 Å². The lowest BCUT2D eigenvalue weighted by atomic mass is 10.0. The summed E-state index contributed by atoms with van der Waals surface area (Å²) >= 11 is 0. The third kappa shape index (κ3) is 7.31. The molecular weight excluding hydrogens is 560 g/mol. The van der Waals surface area contributed by atoms with Crippen LogP contribution in [0.25, 0.3) is 10.8 Å². The van der Waals surface area contributed by atoms with Crippen molar-refractivity contribution in [2.24, 2.45) is 0 Å². The van der Waals surface area contributed by atoms with E-state index in [1.807, 2.05) is 62.6 Å². The molecule has 45 heavy (non-hydrogen) atoms. The number of carbonyl (C=O) groups is 2. The largest absolute Gasteiger partial charge is 0.423 e. The fraction of sp³-hybridized carbons (Fsp3) is 0.128. The van der Waals surface area contributed by atoms with Crippen molar-refractivity contribution in [2.75, 3.05) is 23.9 Å². The number of rotatable bonds is 11. The number of fused-ring (bicyclic) bond motifs is 1. The minimum absolute atomic E-state index is 0.365. The topological polar surface area (TPSA) is 59.1 Å². The van der Waals surface area contributed by atoms with Gasteiger partial charge in [0.1, 0.15) is 11.5 Å². The number of anilines is 4. The average molecular weight is 597 g/mol. The highest BCUT2D eigenvalue weighted by molar-refractivity contribution is 6.01. The van der Waals surface area contributed by atoms with Gasteiger partial charge >= 0.3 is 11.9 Å². The van der Waals surface area contributed by atoms with Crippen LogP contribution in [-0.2, 0) is 22.4 Å². The van der Waals surface area contributed by atoms with Gasteiger partial charge < -0.3 is 19.3 Å². The molecule has 0 spiro atoms. The molecule has 5 aromatic rings. The van der Waals surface area contributed by atoms with E-state index in [0.29, 0.717) is 17.1 Å². The van der Waals surface area contributed by atoms with Crippen molar-refractivity contribution in [3.05, 3.63) is 145 Å². The second-order valence-corrected chi connectivity index (χ2v) is 10.9. The molecule has 6 nitrogen and oxygen atoms in total. The van der Waals surface area contributed by atoms with E-state index in [4.69, 9.17) is 9.47 Å². The van der Waals surface area contributed by atoms with Crippen LogP contribution in [-0.4, -0.2) is 26.0 Å². The SMILES string of the molecule is C=CC(=O)Oc1ccc(N(C)c2ccc(CCc3ccc(N(C)c4ccc(OC(=O)C(=C)C)cc4)cc3)cc2)c2ccccc12. The van der Waals surface area contributed by atoms with Crippen molar-refractivity contribution in [1.82, 2.24) is 0 Å². The summed E-state index contributed by atoms with van der Waals surface area (Å²) < 4.78 is 10.8. The summed E-state index contributed by atoms with van der Waals surface area (Å²) in [4.78, 5) is 27.8. The van der Waals surface area contributed by atoms with Crippen molar-refractivity contribution in [3.63, 3.8) is 0 Å². The zero-order valence-corrected chi connectivity index (χ0v) is 25.8. The summed E-state index contributed by atoms with van der Waals surface area (Å²) in [6, 6.07) is 36.3. The van der Waals surface area contributed by atoms with Crippen LogP contribution in [0, 0.1) is 0 Å². The van der Waals surface area contributed by atoms with E-state index in [9.17, 15) is 9.59 Å². The normalized spacial score (nSPS) is 10.6. The van der Waals surface area contributed by atoms with Crippen LogP contribution in [0.5, 0.6) is 11.5 Å². The third-order valence-corrected chi connectivity index (χ3v) is 7.73. The molecule has 0 amide bonds. The Morgan fingerprint density at radius 1 is 0.667 bits per heavy atom. The van der Waals surface area contributed by atoms with Crippen LogP contribution in [0.1, 0.15) is 18.1 Å². The Labute approximate surface area is 264 Å². The van der Waals surface area contributed by atoms with Crippen molar-refractivity contribution in [1.29, 1.82) is 0 Å². The fourth-order valence-corrected chi connectivity index (χ4v) is 5.07. The van der Waals surface area contributed by atoms with E-state index < -0.39 is 11.9 Å². The molecule has 0 aliphatic rings. The van der Waals surface area contributed by atoms with Gasteiger partial charge in [-0.15, -0.1) is 0 Å². The molecule has 5 aromatic carbocycles. The van der Waals surface area contributed by atoms with E-state index in [2.05, 4.69) is 71.5 Å². The summed E-state index contributed by atoms with van der Waals surface area (Å²) in [7, 11) is 4.05. The maximum atomic E-state index is 11.8. The predicted octanol–water partition coefficient (Wildman–Crippen LogP) is 8.73. The fourth-order valence-electron chi connectivity index (χ4n) is 5.07. The summed E-state index contributed by atoms with van der Waals surface area (Å²) in [5, 5.41) is 1.86. The lowest BCUT2D eigenvalue weighted by molar-refractivity contribution is -0.130. The summed E-state index contributed by atoms with van der Waals surface area (Å²) in [6.45, 7) is 8.74. The maximum absolute atomic E-state index is 11.8. The number of hydrogen-bond donors (Lipinski definition) is 0. The molecule has 226 valence electrons. The first-order valence-electron chi connectivity index (χ1n) is 14.7. The molecule has 5 rings (SSSR count). The van der Waals surface area contributed by atoms with Gasteiger partial charge in [-0.25, -0.2) is 9.59 Å². The molecule has 0 N–H and O–H groups in total. The van der Waals surface area contributed by atoms with Crippen molar-refractivity contribution in [3.8, 4) is 11.5 Å². The Morgan fingerprint density at radius 2 is 1.18 bits per heavy atom. The van der Waals surface area contributed by atoms with Gasteiger partial charge in [0.2, 0.25) is 0 Å². The number of nitrogens with zero attached hydrogens (tertiary/aromatic N) is 2. The Kier molecular flexibility index (Phi) is 9.44. The van der Waals surface area contributed by atoms with Crippen LogP contribution in [0.3, 0.4) is 0 Å². The second kappa shape index (κ2) is 13.8. The summed E-state index contributed by atoms with van der Waals surface area (Å²) in [5.41, 5.74) is 7.03. The van der Waals surface area contributed by atoms with Gasteiger partial charge in [-0.3, -0.25) is 0 Å². The number of carbonyl (C=O) groups excluding carboxylic acids is 2. The van der Waals surface area contributed by atoms with Crippen LogP contribution in [0.15, 0.2) is 134 Å². The number of benzene rings is 5. The zero-order chi connectivity index (χ0) is 31.9. The molecule has 0 saturated heterocycles. The smallest absolute Gasteiger partial charge is 0.338 e. The molecule has 0 radical (unpaired) electrons. The average Bonchev–Trinajstić information content (AvgIpc) is 3.07. The van der Waals surface area contributed by atoms with E-state index in [0.717, 1.165) is 46.4 Å². The Morgan fingerprint density at radius 3 is 1.71 bits per heavy atom. The van der Waals surface area contributed by atoms with Crippen LogP contribution >= 0.6 is 0 Å². The highest BCUT2D eigenvalue weighted by Gasteiger charge is 2.13. The van der Waals surface area contributed by atoms with Gasteiger partial charge in [-0.1, -0.05) is 61.7 Å². The molecule has 0 unspecified atom stereocenters. The molecule has 0 aliphatic carbocycles. The zero-order valence-electron chi connectivity index (χ0n) is 25.8. The summed E-state index contributed by atoms with van der Waals surface area (Å²) in [6.07, 6.45) is 3.02. The highest BCUT2D eigenvalue weighted by Crippen LogP contribution is 2.36. The molecule has 0 atom stereocenters. The maximum Gasteiger partial charge on any atom is 0.338 e. The monoisotopic (exact) mass is 596 g/mol. The molecule has 0 bridgehead atoms. The van der Waals surface area contributed by atoms with Gasteiger partial charge in [-0.2, -0.15) is 0 Å². The number of ether oxygens (including phenoxy) is 2. The molecule has 0 aliphatic heterocycles. The molecular formula is C39H36N2O4. The Bertz CT molecular complexity index is 1840. The predicted molar refractivity (Wildman–Crippen MR) is 183 cm³/mol. The standard InChI is InChI=1S/C39H36N2O4/c1-6-38(42)45-37-26-25-36(34-9-7-8-10-35(34)37)41(5)32-19-15-29(16-20-32)12-11-28-13-17-30(18-14-28)40(4)31-21-23-33(24-22-31)44-39(43)27(2)3/h6-10,13-26H,1-2,11-12H2,3-5H3. The number of hydrogen-bond acceptors (Lipinski definition) is 6. The molecule has 0 heterocycles. The first kappa shape index (κ1) is 30.8. The van der Waals surface area contributed by atoms with Crippen molar-refractivity contribution < 1.29 is 19.1 Å². The Hall–Kier alpha value is -5.62. The highest BCUT2D eigenvalue weighted by atomic mass is 16.5. The quantitative estimate of drug-likeness (QED) is 0.0863. The Balaban J connectivity index is 1.20. The minimum Gasteiger partial charge on any atom is -0.423 e. The first-order valence-corrected chi connectivity index (χ1v) is 14.7. The lowest BCUT2D eigenvalue weighted by Crippen LogP contribution is -2.11. The van der Waals surface area contributed by atoms with Gasteiger partial charge in [0, 0.05) is 59.3 Å². The van der Waals surface area contributed by atoms with Crippen molar-refractivity contribution >= 4 is 45.5 Å². The van der Waals surface area contributed by atoms with Crippen LogP contribution in [0.2, 0.25) is 0 Å². The second-order valence-electron chi connectivity index (χ2n) is 10.9. The van der Waals surface area contributed by atoms with E-state index in [1.165, 1.54) is 17.2 Å². The van der Waals surface area contributed by atoms with Gasteiger partial charge in [-0.05, 0) is 91.6 Å². The van der Waals surface area contributed by atoms with Crippen molar-refractivity contribution in [2.45, 2.75) is 19.8 Å². The first-order chi connectivity index (χ1) is 21.7. The van der Waals surface area contributed by atoms with E-state index in [1.54, 1.807) is 19.1 Å². The minimum atomic E-state index is -0.479. The van der Waals surface area contributed by atoms with Crippen LogP contribution < -0.4 is 19.3 Å². The molecule has 0 fully saturated rings. The molecule has 6 heteroatoms. The van der Waals surface area contributed by atoms with E-state index in [-0.39, 0.29) is 0 Å². The van der Waals surface area contributed by atoms with Gasteiger partial charge in [0.25, 0.3) is 0 Å². The number of esters is 2. The lowest BCUT2D eigenvalue weighted by Gasteiger charge is -2.22. The number of aryl methyl sites for hydroxylation is 2. The third-order valence-electron chi connectivity index (χ3n) is 7.73. The van der Waals surface area contributed by atoms with Gasteiger partial charge in [0.05, 0.1) is 0 Å². The van der Waals surface area contributed by atoms with Gasteiger partial charge in [0.15, 0.2) is 0 Å².